The molecule has 0 spiro atoms. The zero-order valence-electron chi connectivity index (χ0n) is 16.1. The number of para-hydroxylation sites is 1. The Bertz CT molecular complexity index is 1070. The molecule has 0 unspecified atom stereocenters. The molecule has 28 heavy (non-hydrogen) atoms. The van der Waals surface area contributed by atoms with E-state index in [4.69, 9.17) is 12.2 Å². The van der Waals surface area contributed by atoms with E-state index in [0.717, 1.165) is 18.4 Å². The molecule has 0 saturated heterocycles. The fraction of sp³-hybridized carbons (Fsp3) is 0.318. The number of H-pyrrole nitrogens is 1. The van der Waals surface area contributed by atoms with Gasteiger partial charge < -0.3 is 10.3 Å². The number of nitrogens with zero attached hydrogens (tertiary/aromatic N) is 1. The Morgan fingerprint density at radius 1 is 1.14 bits per heavy atom. The molecule has 146 valence electrons. The first-order chi connectivity index (χ1) is 13.5. The van der Waals surface area contributed by atoms with Gasteiger partial charge in [-0.1, -0.05) is 55.8 Å². The SMILES string of the molecule is CCC[C@@H](C)NC(=O)[C@@H](Cc1ccccc1)n1c(=S)[nH]c2ccccc2c1=O. The standard InChI is InChI=1S/C22H25N3O2S/c1-3-9-15(2)23-20(26)19(14-16-10-5-4-6-11-16)25-21(27)17-12-7-8-13-18(17)24-22(25)28/h4-8,10-13,15,19H,3,9,14H2,1-2H3,(H,23,26)(H,24,28)/t15-,19-/m1/s1. The third-order valence-electron chi connectivity index (χ3n) is 4.83. The number of nitrogens with one attached hydrogen (secondary N) is 2. The van der Waals surface area contributed by atoms with E-state index in [1.807, 2.05) is 49.4 Å². The fourth-order valence-electron chi connectivity index (χ4n) is 3.44. The molecule has 1 aromatic heterocycles. The zero-order valence-corrected chi connectivity index (χ0v) is 17.0. The Balaban J connectivity index is 2.08. The maximum absolute atomic E-state index is 13.2. The molecule has 0 saturated carbocycles. The third-order valence-corrected chi connectivity index (χ3v) is 5.13. The molecule has 2 atom stereocenters. The molecule has 0 aliphatic rings. The minimum atomic E-state index is -0.720. The maximum atomic E-state index is 13.2. The van der Waals surface area contributed by atoms with Gasteiger partial charge in [-0.25, -0.2) is 0 Å². The lowest BCUT2D eigenvalue weighted by molar-refractivity contribution is -0.125. The van der Waals surface area contributed by atoms with Gasteiger partial charge in [0.05, 0.1) is 10.9 Å². The van der Waals surface area contributed by atoms with Gasteiger partial charge in [-0.3, -0.25) is 14.2 Å². The highest BCUT2D eigenvalue weighted by molar-refractivity contribution is 7.71. The average molecular weight is 396 g/mol. The first kappa shape index (κ1) is 20.0. The second-order valence-electron chi connectivity index (χ2n) is 7.05. The normalized spacial score (nSPS) is 13.2. The Hall–Kier alpha value is -2.73. The predicted octanol–water partition coefficient (Wildman–Crippen LogP) is 4.15. The molecule has 0 bridgehead atoms. The van der Waals surface area contributed by atoms with Crippen LogP contribution in [0.5, 0.6) is 0 Å². The van der Waals surface area contributed by atoms with Gasteiger partial charge in [0.2, 0.25) is 5.91 Å². The molecule has 3 rings (SSSR count). The Labute approximate surface area is 169 Å². The van der Waals surface area contributed by atoms with Crippen LogP contribution in [0.25, 0.3) is 10.9 Å². The number of rotatable bonds is 7. The first-order valence-corrected chi connectivity index (χ1v) is 10.00. The van der Waals surface area contributed by atoms with Crippen molar-refractivity contribution in [2.24, 2.45) is 0 Å². The number of aromatic nitrogens is 2. The second kappa shape index (κ2) is 8.97. The van der Waals surface area contributed by atoms with Gasteiger partial charge in [-0.15, -0.1) is 0 Å². The number of hydrogen-bond donors (Lipinski definition) is 2. The van der Waals surface area contributed by atoms with Crippen molar-refractivity contribution < 1.29 is 4.79 Å². The van der Waals surface area contributed by atoms with Gasteiger partial charge in [-0.05, 0) is 43.3 Å². The van der Waals surface area contributed by atoms with E-state index < -0.39 is 6.04 Å². The van der Waals surface area contributed by atoms with Gasteiger partial charge in [0, 0.05) is 12.5 Å². The van der Waals surface area contributed by atoms with E-state index in [0.29, 0.717) is 17.3 Å². The predicted molar refractivity (Wildman–Crippen MR) is 115 cm³/mol. The average Bonchev–Trinajstić information content (AvgIpc) is 2.68. The Morgan fingerprint density at radius 3 is 2.54 bits per heavy atom. The van der Waals surface area contributed by atoms with E-state index in [9.17, 15) is 9.59 Å². The van der Waals surface area contributed by atoms with Crippen LogP contribution >= 0.6 is 12.2 Å². The summed E-state index contributed by atoms with van der Waals surface area (Å²) in [6, 6.07) is 16.2. The molecular formula is C22H25N3O2S. The fourth-order valence-corrected chi connectivity index (χ4v) is 3.76. The highest BCUT2D eigenvalue weighted by atomic mass is 32.1. The number of benzene rings is 2. The third kappa shape index (κ3) is 4.39. The molecular weight excluding hydrogens is 370 g/mol. The van der Waals surface area contributed by atoms with Crippen LogP contribution in [0, 0.1) is 4.77 Å². The summed E-state index contributed by atoms with van der Waals surface area (Å²) in [4.78, 5) is 29.4. The van der Waals surface area contributed by atoms with Crippen molar-refractivity contribution in [3.63, 3.8) is 0 Å². The summed E-state index contributed by atoms with van der Waals surface area (Å²) in [6.07, 6.45) is 2.24. The quantitative estimate of drug-likeness (QED) is 0.591. The molecule has 5 nitrogen and oxygen atoms in total. The molecule has 1 heterocycles. The van der Waals surface area contributed by atoms with Gasteiger partial charge in [0.15, 0.2) is 4.77 Å². The highest BCUT2D eigenvalue weighted by Crippen LogP contribution is 2.16. The highest BCUT2D eigenvalue weighted by Gasteiger charge is 2.25. The maximum Gasteiger partial charge on any atom is 0.262 e. The first-order valence-electron chi connectivity index (χ1n) is 9.59. The van der Waals surface area contributed by atoms with E-state index in [1.54, 1.807) is 12.1 Å². The van der Waals surface area contributed by atoms with Crippen LogP contribution < -0.4 is 10.9 Å². The minimum absolute atomic E-state index is 0.0319. The van der Waals surface area contributed by atoms with Crippen LogP contribution in [-0.2, 0) is 11.2 Å². The molecule has 0 radical (unpaired) electrons. The number of hydrogen-bond acceptors (Lipinski definition) is 3. The molecule has 0 fully saturated rings. The van der Waals surface area contributed by atoms with Gasteiger partial charge in [0.25, 0.3) is 5.56 Å². The molecule has 2 N–H and O–H groups in total. The summed E-state index contributed by atoms with van der Waals surface area (Å²) in [5.41, 5.74) is 1.39. The zero-order chi connectivity index (χ0) is 20.1. The molecule has 3 aromatic rings. The van der Waals surface area contributed by atoms with Crippen LogP contribution in [-0.4, -0.2) is 21.5 Å². The van der Waals surface area contributed by atoms with Crippen molar-refractivity contribution in [2.75, 3.05) is 0 Å². The van der Waals surface area contributed by atoms with Crippen LogP contribution in [0.3, 0.4) is 0 Å². The van der Waals surface area contributed by atoms with Crippen molar-refractivity contribution in [2.45, 2.75) is 45.2 Å². The van der Waals surface area contributed by atoms with Crippen LogP contribution in [0.2, 0.25) is 0 Å². The van der Waals surface area contributed by atoms with Crippen molar-refractivity contribution in [1.82, 2.24) is 14.9 Å². The summed E-state index contributed by atoms with van der Waals surface area (Å²) < 4.78 is 1.67. The molecule has 0 aliphatic carbocycles. The van der Waals surface area contributed by atoms with Crippen LogP contribution in [0.1, 0.15) is 38.3 Å². The van der Waals surface area contributed by atoms with Crippen molar-refractivity contribution in [3.05, 3.63) is 75.3 Å². The van der Waals surface area contributed by atoms with Gasteiger partial charge >= 0.3 is 0 Å². The topological polar surface area (TPSA) is 66.9 Å². The lowest BCUT2D eigenvalue weighted by atomic mass is 10.0. The summed E-state index contributed by atoms with van der Waals surface area (Å²) in [5, 5.41) is 3.56. The second-order valence-corrected chi connectivity index (χ2v) is 7.44. The number of carbonyl (C=O) groups excluding carboxylic acids is 1. The van der Waals surface area contributed by atoms with Crippen molar-refractivity contribution in [1.29, 1.82) is 0 Å². The van der Waals surface area contributed by atoms with E-state index in [1.165, 1.54) is 4.57 Å². The monoisotopic (exact) mass is 395 g/mol. The Morgan fingerprint density at radius 2 is 1.82 bits per heavy atom. The van der Waals surface area contributed by atoms with Gasteiger partial charge in [-0.2, -0.15) is 0 Å². The van der Waals surface area contributed by atoms with Crippen LogP contribution in [0.4, 0.5) is 0 Å². The molecule has 1 amide bonds. The number of carbonyl (C=O) groups is 1. The van der Waals surface area contributed by atoms with Crippen molar-refractivity contribution in [3.8, 4) is 0 Å². The van der Waals surface area contributed by atoms with E-state index in [2.05, 4.69) is 17.2 Å². The molecule has 6 heteroatoms. The Kier molecular flexibility index (Phi) is 6.41. The molecule has 0 aliphatic heterocycles. The smallest absolute Gasteiger partial charge is 0.262 e. The van der Waals surface area contributed by atoms with Gasteiger partial charge in [0.1, 0.15) is 6.04 Å². The van der Waals surface area contributed by atoms with Crippen molar-refractivity contribution >= 4 is 29.0 Å². The largest absolute Gasteiger partial charge is 0.352 e. The minimum Gasteiger partial charge on any atom is -0.352 e. The van der Waals surface area contributed by atoms with E-state index >= 15 is 0 Å². The number of fused-ring (bicyclic) bond motifs is 1. The number of amides is 1. The van der Waals surface area contributed by atoms with Crippen LogP contribution in [0.15, 0.2) is 59.4 Å². The summed E-state index contributed by atoms with van der Waals surface area (Å²) in [7, 11) is 0. The summed E-state index contributed by atoms with van der Waals surface area (Å²) in [5.74, 6) is -0.193. The lowest BCUT2D eigenvalue weighted by Gasteiger charge is -2.22. The lowest BCUT2D eigenvalue weighted by Crippen LogP contribution is -2.42. The summed E-state index contributed by atoms with van der Waals surface area (Å²) in [6.45, 7) is 4.05. The summed E-state index contributed by atoms with van der Waals surface area (Å²) >= 11 is 5.47. The van der Waals surface area contributed by atoms with E-state index in [-0.39, 0.29) is 22.3 Å². The molecule has 2 aromatic carbocycles. The number of aromatic amines is 1.